The Bertz CT molecular complexity index is 604. The molecular formula is C15H23BrN2O2S. The predicted octanol–water partition coefficient (Wildman–Crippen LogP) is 2.82. The summed E-state index contributed by atoms with van der Waals surface area (Å²) in [5.74, 6) is 0.340. The number of sulfonamides is 1. The van der Waals surface area contributed by atoms with E-state index in [2.05, 4.69) is 22.0 Å². The van der Waals surface area contributed by atoms with Gasteiger partial charge in [0.15, 0.2) is 0 Å². The van der Waals surface area contributed by atoms with Crippen molar-refractivity contribution in [3.05, 3.63) is 33.8 Å². The van der Waals surface area contributed by atoms with Gasteiger partial charge in [-0.3, -0.25) is 0 Å². The van der Waals surface area contributed by atoms with Gasteiger partial charge in [-0.1, -0.05) is 28.1 Å². The smallest absolute Gasteiger partial charge is 0.211 e. The largest absolute Gasteiger partial charge is 0.324 e. The Morgan fingerprint density at radius 1 is 1.48 bits per heavy atom. The van der Waals surface area contributed by atoms with E-state index in [4.69, 9.17) is 5.73 Å². The molecule has 1 fully saturated rings. The van der Waals surface area contributed by atoms with Crippen LogP contribution in [0.15, 0.2) is 22.7 Å². The summed E-state index contributed by atoms with van der Waals surface area (Å²) in [6, 6.07) is 6.13. The highest BCUT2D eigenvalue weighted by atomic mass is 79.9. The summed E-state index contributed by atoms with van der Waals surface area (Å²) in [7, 11) is -3.09. The van der Waals surface area contributed by atoms with E-state index in [1.807, 2.05) is 19.1 Å². The first-order chi connectivity index (χ1) is 9.77. The van der Waals surface area contributed by atoms with Crippen molar-refractivity contribution < 1.29 is 8.42 Å². The molecule has 1 saturated heterocycles. The van der Waals surface area contributed by atoms with E-state index < -0.39 is 10.0 Å². The third-order valence-corrected chi connectivity index (χ3v) is 6.31. The zero-order chi connectivity index (χ0) is 15.6. The van der Waals surface area contributed by atoms with E-state index in [1.165, 1.54) is 11.8 Å². The summed E-state index contributed by atoms with van der Waals surface area (Å²) in [5, 5.41) is 0. The van der Waals surface area contributed by atoms with Crippen molar-refractivity contribution in [2.45, 2.75) is 32.2 Å². The molecule has 0 saturated carbocycles. The average Bonchev–Trinajstić information content (AvgIpc) is 2.41. The molecule has 1 aromatic rings. The molecule has 0 aliphatic carbocycles. The Morgan fingerprint density at radius 3 is 2.81 bits per heavy atom. The Labute approximate surface area is 135 Å². The Balaban J connectivity index is 2.02. The van der Waals surface area contributed by atoms with Gasteiger partial charge in [-0.15, -0.1) is 0 Å². The van der Waals surface area contributed by atoms with Crippen molar-refractivity contribution in [2.24, 2.45) is 11.7 Å². The third-order valence-electron chi connectivity index (χ3n) is 4.15. The summed E-state index contributed by atoms with van der Waals surface area (Å²) in [6.07, 6.45) is 4.08. The maximum Gasteiger partial charge on any atom is 0.211 e. The summed E-state index contributed by atoms with van der Waals surface area (Å²) < 4.78 is 26.0. The van der Waals surface area contributed by atoms with E-state index >= 15 is 0 Å². The highest BCUT2D eigenvalue weighted by Crippen LogP contribution is 2.28. The molecule has 4 nitrogen and oxygen atoms in total. The number of hydrogen-bond donors (Lipinski definition) is 1. The average molecular weight is 375 g/mol. The lowest BCUT2D eigenvalue weighted by atomic mass is 9.89. The molecule has 118 valence electrons. The van der Waals surface area contributed by atoms with Gasteiger partial charge in [-0.25, -0.2) is 12.7 Å². The minimum atomic E-state index is -3.09. The van der Waals surface area contributed by atoms with Gasteiger partial charge in [0, 0.05) is 23.6 Å². The molecule has 0 radical (unpaired) electrons. The molecule has 1 aliphatic rings. The van der Waals surface area contributed by atoms with E-state index in [0.29, 0.717) is 19.0 Å². The van der Waals surface area contributed by atoms with Crippen LogP contribution in [-0.2, 0) is 10.0 Å². The quantitative estimate of drug-likeness (QED) is 0.880. The molecule has 0 amide bonds. The first kappa shape index (κ1) is 16.9. The molecular weight excluding hydrogens is 352 g/mol. The van der Waals surface area contributed by atoms with Gasteiger partial charge in [0.25, 0.3) is 0 Å². The van der Waals surface area contributed by atoms with Crippen LogP contribution in [0.1, 0.15) is 36.4 Å². The molecule has 21 heavy (non-hydrogen) atoms. The number of piperidine rings is 1. The molecule has 2 rings (SSSR count). The van der Waals surface area contributed by atoms with Gasteiger partial charge in [0.1, 0.15) is 0 Å². The predicted molar refractivity (Wildman–Crippen MR) is 89.6 cm³/mol. The molecule has 1 heterocycles. The molecule has 0 bridgehead atoms. The monoisotopic (exact) mass is 374 g/mol. The van der Waals surface area contributed by atoms with Gasteiger partial charge in [-0.05, 0) is 49.3 Å². The van der Waals surface area contributed by atoms with E-state index in [1.54, 1.807) is 4.31 Å². The van der Waals surface area contributed by atoms with Gasteiger partial charge in [-0.2, -0.15) is 0 Å². The fraction of sp³-hybridized carbons (Fsp3) is 0.600. The van der Waals surface area contributed by atoms with Gasteiger partial charge < -0.3 is 5.73 Å². The van der Waals surface area contributed by atoms with Crippen LogP contribution in [0.2, 0.25) is 0 Å². The molecule has 1 aliphatic heterocycles. The standard InChI is InChI=1S/C15H23BrN2O2S/c1-11-8-13(5-6-14(11)16)15(17)9-12-4-3-7-18(10-12)21(2,19)20/h5-6,8,12,15H,3-4,7,9-10,17H2,1-2H3. The fourth-order valence-corrected chi connectivity index (χ4v) is 4.10. The Morgan fingerprint density at radius 2 is 2.19 bits per heavy atom. The molecule has 1 aromatic carbocycles. The van der Waals surface area contributed by atoms with Crippen LogP contribution in [0.25, 0.3) is 0 Å². The number of nitrogens with zero attached hydrogens (tertiary/aromatic N) is 1. The number of nitrogens with two attached hydrogens (primary N) is 1. The van der Waals surface area contributed by atoms with Gasteiger partial charge >= 0.3 is 0 Å². The van der Waals surface area contributed by atoms with E-state index in [9.17, 15) is 8.42 Å². The third kappa shape index (κ3) is 4.52. The minimum Gasteiger partial charge on any atom is -0.324 e. The normalized spacial score (nSPS) is 22.2. The molecule has 2 atom stereocenters. The second-order valence-corrected chi connectivity index (χ2v) is 8.82. The molecule has 2 unspecified atom stereocenters. The second-order valence-electron chi connectivity index (χ2n) is 5.98. The van der Waals surface area contributed by atoms with Crippen molar-refractivity contribution in [3.8, 4) is 0 Å². The van der Waals surface area contributed by atoms with Crippen molar-refractivity contribution in [2.75, 3.05) is 19.3 Å². The molecule has 0 aromatic heterocycles. The SMILES string of the molecule is Cc1cc(C(N)CC2CCCN(S(C)(=O)=O)C2)ccc1Br. The van der Waals surface area contributed by atoms with Crippen LogP contribution in [-0.4, -0.2) is 32.1 Å². The van der Waals surface area contributed by atoms with Crippen LogP contribution in [0, 0.1) is 12.8 Å². The van der Waals surface area contributed by atoms with Crippen LogP contribution < -0.4 is 5.73 Å². The zero-order valence-corrected chi connectivity index (χ0v) is 15.0. The zero-order valence-electron chi connectivity index (χ0n) is 12.5. The topological polar surface area (TPSA) is 63.4 Å². The second kappa shape index (κ2) is 6.77. The lowest BCUT2D eigenvalue weighted by Gasteiger charge is -2.32. The van der Waals surface area contributed by atoms with Crippen LogP contribution in [0.5, 0.6) is 0 Å². The number of hydrogen-bond acceptors (Lipinski definition) is 3. The maximum atomic E-state index is 11.7. The summed E-state index contributed by atoms with van der Waals surface area (Å²) in [6.45, 7) is 3.29. The molecule has 6 heteroatoms. The van der Waals surface area contributed by atoms with E-state index in [0.717, 1.165) is 29.3 Å². The van der Waals surface area contributed by atoms with Crippen molar-refractivity contribution >= 4 is 26.0 Å². The van der Waals surface area contributed by atoms with Crippen molar-refractivity contribution in [1.29, 1.82) is 0 Å². The van der Waals surface area contributed by atoms with Crippen LogP contribution in [0.4, 0.5) is 0 Å². The molecule has 2 N–H and O–H groups in total. The maximum absolute atomic E-state index is 11.7. The van der Waals surface area contributed by atoms with Crippen molar-refractivity contribution in [3.63, 3.8) is 0 Å². The van der Waals surface area contributed by atoms with Crippen LogP contribution in [0.3, 0.4) is 0 Å². The highest BCUT2D eigenvalue weighted by Gasteiger charge is 2.27. The summed E-state index contributed by atoms with van der Waals surface area (Å²) >= 11 is 3.49. The van der Waals surface area contributed by atoms with Crippen LogP contribution >= 0.6 is 15.9 Å². The number of benzene rings is 1. The number of rotatable bonds is 4. The molecule has 0 spiro atoms. The number of halogens is 1. The van der Waals surface area contributed by atoms with Gasteiger partial charge in [0.05, 0.1) is 6.26 Å². The Kier molecular flexibility index (Phi) is 5.46. The first-order valence-corrected chi connectivity index (χ1v) is 9.88. The highest BCUT2D eigenvalue weighted by molar-refractivity contribution is 9.10. The summed E-state index contributed by atoms with van der Waals surface area (Å²) in [5.41, 5.74) is 8.60. The number of aryl methyl sites for hydroxylation is 1. The van der Waals surface area contributed by atoms with Gasteiger partial charge in [0.2, 0.25) is 10.0 Å². The van der Waals surface area contributed by atoms with E-state index in [-0.39, 0.29) is 6.04 Å². The first-order valence-electron chi connectivity index (χ1n) is 7.24. The lowest BCUT2D eigenvalue weighted by molar-refractivity contribution is 0.247. The fourth-order valence-electron chi connectivity index (χ4n) is 2.91. The van der Waals surface area contributed by atoms with Crippen molar-refractivity contribution in [1.82, 2.24) is 4.31 Å². The minimum absolute atomic E-state index is 0.0405. The summed E-state index contributed by atoms with van der Waals surface area (Å²) in [4.78, 5) is 0. The lowest BCUT2D eigenvalue weighted by Crippen LogP contribution is -2.40. The Hall–Kier alpha value is -0.430.